The van der Waals surface area contributed by atoms with E-state index < -0.39 is 0 Å². The van der Waals surface area contributed by atoms with Gasteiger partial charge in [-0.1, -0.05) is 23.4 Å². The SMILES string of the molecule is NCc1nnn(-c2ccccc2)c1-c1ccc(F)cc1. The highest BCUT2D eigenvalue weighted by Gasteiger charge is 2.15. The number of rotatable bonds is 3. The van der Waals surface area contributed by atoms with E-state index in [9.17, 15) is 4.39 Å². The van der Waals surface area contributed by atoms with E-state index in [1.807, 2.05) is 30.3 Å². The van der Waals surface area contributed by atoms with Crippen molar-refractivity contribution in [2.75, 3.05) is 0 Å². The zero-order valence-electron chi connectivity index (χ0n) is 10.7. The van der Waals surface area contributed by atoms with Crippen LogP contribution in [0, 0.1) is 5.82 Å². The van der Waals surface area contributed by atoms with Crippen molar-refractivity contribution in [1.29, 1.82) is 0 Å². The van der Waals surface area contributed by atoms with Crippen LogP contribution in [-0.4, -0.2) is 15.0 Å². The maximum atomic E-state index is 13.1. The summed E-state index contributed by atoms with van der Waals surface area (Å²) in [6, 6.07) is 15.9. The molecule has 0 amide bonds. The van der Waals surface area contributed by atoms with E-state index >= 15 is 0 Å². The van der Waals surface area contributed by atoms with Gasteiger partial charge in [-0.2, -0.15) is 0 Å². The number of nitrogens with two attached hydrogens (primary N) is 1. The Balaban J connectivity index is 2.18. The summed E-state index contributed by atoms with van der Waals surface area (Å²) < 4.78 is 14.8. The van der Waals surface area contributed by atoms with Gasteiger partial charge >= 0.3 is 0 Å². The minimum atomic E-state index is -0.276. The highest BCUT2D eigenvalue weighted by Crippen LogP contribution is 2.25. The van der Waals surface area contributed by atoms with E-state index in [1.165, 1.54) is 12.1 Å². The second-order valence-corrected chi connectivity index (χ2v) is 4.34. The van der Waals surface area contributed by atoms with Crippen molar-refractivity contribution in [3.63, 3.8) is 0 Å². The second kappa shape index (κ2) is 5.22. The minimum Gasteiger partial charge on any atom is -0.325 e. The van der Waals surface area contributed by atoms with Crippen LogP contribution in [0.5, 0.6) is 0 Å². The van der Waals surface area contributed by atoms with Crippen LogP contribution in [0.4, 0.5) is 4.39 Å². The van der Waals surface area contributed by atoms with Crippen LogP contribution in [0.15, 0.2) is 54.6 Å². The molecule has 1 heterocycles. The molecule has 2 aromatic carbocycles. The molecule has 0 aliphatic carbocycles. The summed E-state index contributed by atoms with van der Waals surface area (Å²) in [6.45, 7) is 0.277. The van der Waals surface area contributed by atoms with Gasteiger partial charge in [-0.05, 0) is 36.4 Å². The Hall–Kier alpha value is -2.53. The largest absolute Gasteiger partial charge is 0.325 e. The lowest BCUT2D eigenvalue weighted by molar-refractivity contribution is 0.628. The zero-order valence-corrected chi connectivity index (χ0v) is 10.7. The summed E-state index contributed by atoms with van der Waals surface area (Å²) in [5.74, 6) is -0.276. The molecule has 0 aliphatic rings. The first-order chi connectivity index (χ1) is 9.79. The predicted octanol–water partition coefficient (Wildman–Crippen LogP) is 2.53. The number of para-hydroxylation sites is 1. The Bertz CT molecular complexity index is 704. The number of aromatic nitrogens is 3. The fourth-order valence-corrected chi connectivity index (χ4v) is 2.10. The number of hydrogen-bond donors (Lipinski definition) is 1. The van der Waals surface area contributed by atoms with Crippen molar-refractivity contribution in [3.8, 4) is 16.9 Å². The van der Waals surface area contributed by atoms with E-state index in [4.69, 9.17) is 5.73 Å². The maximum Gasteiger partial charge on any atom is 0.123 e. The molecule has 0 aliphatic heterocycles. The fourth-order valence-electron chi connectivity index (χ4n) is 2.10. The van der Waals surface area contributed by atoms with Gasteiger partial charge in [0.15, 0.2) is 0 Å². The van der Waals surface area contributed by atoms with Crippen molar-refractivity contribution >= 4 is 0 Å². The summed E-state index contributed by atoms with van der Waals surface area (Å²) in [5.41, 5.74) is 8.91. The molecule has 100 valence electrons. The second-order valence-electron chi connectivity index (χ2n) is 4.34. The first-order valence-corrected chi connectivity index (χ1v) is 6.25. The van der Waals surface area contributed by atoms with Crippen LogP contribution < -0.4 is 5.73 Å². The Kier molecular flexibility index (Phi) is 3.26. The van der Waals surface area contributed by atoms with Crippen molar-refractivity contribution in [1.82, 2.24) is 15.0 Å². The van der Waals surface area contributed by atoms with E-state index in [-0.39, 0.29) is 12.4 Å². The number of halogens is 1. The van der Waals surface area contributed by atoms with Crippen molar-refractivity contribution in [3.05, 3.63) is 66.1 Å². The number of benzene rings is 2. The van der Waals surface area contributed by atoms with Gasteiger partial charge in [-0.15, -0.1) is 5.10 Å². The number of nitrogens with zero attached hydrogens (tertiary/aromatic N) is 3. The third-order valence-corrected chi connectivity index (χ3v) is 3.05. The first-order valence-electron chi connectivity index (χ1n) is 6.25. The van der Waals surface area contributed by atoms with Gasteiger partial charge in [-0.25, -0.2) is 9.07 Å². The Morgan fingerprint density at radius 1 is 1.00 bits per heavy atom. The highest BCUT2D eigenvalue weighted by atomic mass is 19.1. The summed E-state index contributed by atoms with van der Waals surface area (Å²) in [7, 11) is 0. The topological polar surface area (TPSA) is 56.7 Å². The summed E-state index contributed by atoms with van der Waals surface area (Å²) in [5, 5.41) is 8.25. The molecule has 1 aromatic heterocycles. The average Bonchev–Trinajstić information content (AvgIpc) is 2.93. The summed E-state index contributed by atoms with van der Waals surface area (Å²) >= 11 is 0. The molecule has 5 heteroatoms. The highest BCUT2D eigenvalue weighted by molar-refractivity contribution is 5.64. The zero-order chi connectivity index (χ0) is 13.9. The van der Waals surface area contributed by atoms with Gasteiger partial charge < -0.3 is 5.73 Å². The molecule has 2 N–H and O–H groups in total. The first kappa shape index (κ1) is 12.5. The van der Waals surface area contributed by atoms with Crippen LogP contribution >= 0.6 is 0 Å². The fraction of sp³-hybridized carbons (Fsp3) is 0.0667. The molecular formula is C15H13FN4. The molecule has 4 nitrogen and oxygen atoms in total. The van der Waals surface area contributed by atoms with Crippen molar-refractivity contribution in [2.24, 2.45) is 5.73 Å². The monoisotopic (exact) mass is 268 g/mol. The summed E-state index contributed by atoms with van der Waals surface area (Å²) in [6.07, 6.45) is 0. The van der Waals surface area contributed by atoms with Crippen molar-refractivity contribution in [2.45, 2.75) is 6.54 Å². The van der Waals surface area contributed by atoms with Gasteiger partial charge in [0.2, 0.25) is 0 Å². The lowest BCUT2D eigenvalue weighted by atomic mass is 10.1. The summed E-state index contributed by atoms with van der Waals surface area (Å²) in [4.78, 5) is 0. The molecule has 0 unspecified atom stereocenters. The van der Waals surface area contributed by atoms with E-state index in [2.05, 4.69) is 10.3 Å². The Morgan fingerprint density at radius 3 is 2.35 bits per heavy atom. The molecule has 20 heavy (non-hydrogen) atoms. The maximum absolute atomic E-state index is 13.1. The minimum absolute atomic E-state index is 0.276. The molecule has 0 fully saturated rings. The van der Waals surface area contributed by atoms with Gasteiger partial charge in [0.1, 0.15) is 11.5 Å². The van der Waals surface area contributed by atoms with Crippen LogP contribution in [0.2, 0.25) is 0 Å². The molecular weight excluding hydrogens is 255 g/mol. The molecule has 3 aromatic rings. The van der Waals surface area contributed by atoms with Gasteiger partial charge in [0, 0.05) is 12.1 Å². The lowest BCUT2D eigenvalue weighted by Crippen LogP contribution is -2.02. The quantitative estimate of drug-likeness (QED) is 0.794. The van der Waals surface area contributed by atoms with E-state index in [1.54, 1.807) is 16.8 Å². The molecule has 0 atom stereocenters. The van der Waals surface area contributed by atoms with Crippen LogP contribution in [0.3, 0.4) is 0 Å². The molecule has 3 rings (SSSR count). The van der Waals surface area contributed by atoms with Gasteiger partial charge in [0.05, 0.1) is 11.4 Å². The normalized spacial score (nSPS) is 10.7. The molecule has 0 saturated carbocycles. The average molecular weight is 268 g/mol. The molecule has 0 saturated heterocycles. The molecule has 0 bridgehead atoms. The van der Waals surface area contributed by atoms with Crippen LogP contribution in [0.1, 0.15) is 5.69 Å². The smallest absolute Gasteiger partial charge is 0.123 e. The standard InChI is InChI=1S/C15H13FN4/c16-12-8-6-11(7-9-12)15-14(10-17)18-19-20(15)13-4-2-1-3-5-13/h1-9H,10,17H2. The van der Waals surface area contributed by atoms with E-state index in [0.717, 1.165) is 16.9 Å². The Labute approximate surface area is 115 Å². The molecule has 0 radical (unpaired) electrons. The Morgan fingerprint density at radius 2 is 1.70 bits per heavy atom. The van der Waals surface area contributed by atoms with Crippen LogP contribution in [-0.2, 0) is 6.54 Å². The number of hydrogen-bond acceptors (Lipinski definition) is 3. The third kappa shape index (κ3) is 2.19. The van der Waals surface area contributed by atoms with Crippen LogP contribution in [0.25, 0.3) is 16.9 Å². The lowest BCUT2D eigenvalue weighted by Gasteiger charge is -2.07. The predicted molar refractivity (Wildman–Crippen MR) is 74.6 cm³/mol. The molecule has 0 spiro atoms. The third-order valence-electron chi connectivity index (χ3n) is 3.05. The van der Waals surface area contributed by atoms with Crippen molar-refractivity contribution < 1.29 is 4.39 Å². The van der Waals surface area contributed by atoms with Gasteiger partial charge in [-0.3, -0.25) is 0 Å². The van der Waals surface area contributed by atoms with E-state index in [0.29, 0.717) is 5.69 Å². The van der Waals surface area contributed by atoms with Gasteiger partial charge in [0.25, 0.3) is 0 Å².